The van der Waals surface area contributed by atoms with Gasteiger partial charge in [-0.3, -0.25) is 0 Å². The van der Waals surface area contributed by atoms with Gasteiger partial charge in [0.2, 0.25) is 0 Å². The number of nitrogens with zero attached hydrogens (tertiary/aromatic N) is 2. The third-order valence-electron chi connectivity index (χ3n) is 2.09. The van der Waals surface area contributed by atoms with Gasteiger partial charge in [0.15, 0.2) is 0 Å². The van der Waals surface area contributed by atoms with E-state index in [0.717, 1.165) is 5.69 Å². The molecule has 5 nitrogen and oxygen atoms in total. The maximum absolute atomic E-state index is 9.62. The van der Waals surface area contributed by atoms with Crippen molar-refractivity contribution < 1.29 is 9.84 Å². The number of nitrogens with one attached hydrogen (secondary N) is 1. The number of rotatable bonds is 8. The summed E-state index contributed by atoms with van der Waals surface area (Å²) in [4.78, 5) is 7.91. The van der Waals surface area contributed by atoms with Crippen LogP contribution in [0.2, 0.25) is 0 Å². The fourth-order valence-electron chi connectivity index (χ4n) is 1.29. The van der Waals surface area contributed by atoms with Crippen LogP contribution >= 0.6 is 0 Å². The highest BCUT2D eigenvalue weighted by Crippen LogP contribution is 1.94. The highest BCUT2D eigenvalue weighted by atomic mass is 16.5. The number of aliphatic hydroxyl groups is 1. The fraction of sp³-hybridized carbons (Fsp3) is 0.667. The Morgan fingerprint density at radius 2 is 2.24 bits per heavy atom. The number of hydrogen-bond donors (Lipinski definition) is 2. The molecular formula is C12H21N3O2. The van der Waals surface area contributed by atoms with Gasteiger partial charge in [0.1, 0.15) is 6.33 Å². The van der Waals surface area contributed by atoms with Crippen LogP contribution in [0.25, 0.3) is 0 Å². The van der Waals surface area contributed by atoms with Crippen molar-refractivity contribution >= 4 is 0 Å². The Morgan fingerprint density at radius 1 is 1.41 bits per heavy atom. The summed E-state index contributed by atoms with van der Waals surface area (Å²) in [6, 6.07) is 1.84. The summed E-state index contributed by atoms with van der Waals surface area (Å²) in [6.45, 7) is 6.35. The molecule has 1 atom stereocenters. The minimum atomic E-state index is -0.476. The zero-order valence-electron chi connectivity index (χ0n) is 10.5. The lowest BCUT2D eigenvalue weighted by Crippen LogP contribution is -2.30. The maximum Gasteiger partial charge on any atom is 0.115 e. The summed E-state index contributed by atoms with van der Waals surface area (Å²) in [5.41, 5.74) is 0.912. The molecule has 1 aromatic heterocycles. The maximum atomic E-state index is 9.62. The molecule has 0 radical (unpaired) electrons. The predicted octanol–water partition coefficient (Wildman–Crippen LogP) is 0.600. The summed E-state index contributed by atoms with van der Waals surface area (Å²) in [5, 5.41) is 12.7. The Bertz CT molecular complexity index is 293. The van der Waals surface area contributed by atoms with Crippen LogP contribution in [0.1, 0.15) is 19.5 Å². The summed E-state index contributed by atoms with van der Waals surface area (Å²) in [5.74, 6) is 0.496. The average Bonchev–Trinajstić information content (AvgIpc) is 2.30. The summed E-state index contributed by atoms with van der Waals surface area (Å²) >= 11 is 0. The third kappa shape index (κ3) is 6.99. The molecule has 1 aromatic rings. The van der Waals surface area contributed by atoms with Gasteiger partial charge in [0, 0.05) is 25.9 Å². The van der Waals surface area contributed by atoms with E-state index in [1.807, 2.05) is 6.07 Å². The minimum absolute atomic E-state index is 0.370. The first kappa shape index (κ1) is 14.0. The van der Waals surface area contributed by atoms with Crippen LogP contribution in [0, 0.1) is 5.92 Å². The molecule has 5 heteroatoms. The lowest BCUT2D eigenvalue weighted by molar-refractivity contribution is 0.0260. The Morgan fingerprint density at radius 3 is 2.88 bits per heavy atom. The normalized spacial score (nSPS) is 12.9. The smallest absolute Gasteiger partial charge is 0.115 e. The van der Waals surface area contributed by atoms with Gasteiger partial charge < -0.3 is 15.2 Å². The number of ether oxygens (including phenoxy) is 1. The molecule has 96 valence electrons. The first-order valence-corrected chi connectivity index (χ1v) is 5.90. The van der Waals surface area contributed by atoms with Crippen molar-refractivity contribution in [3.05, 3.63) is 24.3 Å². The minimum Gasteiger partial charge on any atom is -0.389 e. The lowest BCUT2D eigenvalue weighted by atomic mass is 10.2. The second-order valence-electron chi connectivity index (χ2n) is 4.42. The van der Waals surface area contributed by atoms with Crippen molar-refractivity contribution in [1.29, 1.82) is 0 Å². The number of hydrogen-bond acceptors (Lipinski definition) is 5. The first-order valence-electron chi connectivity index (χ1n) is 5.90. The molecule has 2 N–H and O–H groups in total. The average molecular weight is 239 g/mol. The van der Waals surface area contributed by atoms with Gasteiger partial charge in [-0.25, -0.2) is 9.97 Å². The van der Waals surface area contributed by atoms with Gasteiger partial charge in [-0.2, -0.15) is 0 Å². The van der Waals surface area contributed by atoms with Crippen LogP contribution in [-0.2, 0) is 11.3 Å². The number of aliphatic hydroxyl groups excluding tert-OH is 1. The SMILES string of the molecule is CC(C)COCC(O)CNCc1ccncn1. The second-order valence-corrected chi connectivity index (χ2v) is 4.42. The van der Waals surface area contributed by atoms with Crippen molar-refractivity contribution in [3.8, 4) is 0 Å². The molecule has 0 fully saturated rings. The summed E-state index contributed by atoms with van der Waals surface area (Å²) in [6.07, 6.45) is 2.74. The zero-order chi connectivity index (χ0) is 12.5. The Kier molecular flexibility index (Phi) is 6.69. The Labute approximate surface area is 102 Å². The van der Waals surface area contributed by atoms with Gasteiger partial charge in [0.05, 0.1) is 18.4 Å². The third-order valence-corrected chi connectivity index (χ3v) is 2.09. The highest BCUT2D eigenvalue weighted by Gasteiger charge is 2.04. The standard InChI is InChI=1S/C12H21N3O2/c1-10(2)7-17-8-12(16)6-14-5-11-3-4-13-9-15-11/h3-4,9-10,12,14,16H,5-8H2,1-2H3. The van der Waals surface area contributed by atoms with Crippen molar-refractivity contribution in [2.45, 2.75) is 26.5 Å². The molecule has 0 aliphatic rings. The van der Waals surface area contributed by atoms with Gasteiger partial charge in [0.25, 0.3) is 0 Å². The van der Waals surface area contributed by atoms with Crippen molar-refractivity contribution in [2.75, 3.05) is 19.8 Å². The molecule has 0 aromatic carbocycles. The molecular weight excluding hydrogens is 218 g/mol. The van der Waals surface area contributed by atoms with Crippen LogP contribution in [0.3, 0.4) is 0 Å². The van der Waals surface area contributed by atoms with Gasteiger partial charge >= 0.3 is 0 Å². The number of aromatic nitrogens is 2. The molecule has 0 bridgehead atoms. The van der Waals surface area contributed by atoms with E-state index in [2.05, 4.69) is 29.1 Å². The van der Waals surface area contributed by atoms with Crippen molar-refractivity contribution in [3.63, 3.8) is 0 Å². The Balaban J connectivity index is 2.06. The molecule has 17 heavy (non-hydrogen) atoms. The van der Waals surface area contributed by atoms with Crippen molar-refractivity contribution in [2.24, 2.45) is 5.92 Å². The van der Waals surface area contributed by atoms with Crippen LogP contribution in [-0.4, -0.2) is 40.9 Å². The predicted molar refractivity (Wildman–Crippen MR) is 65.4 cm³/mol. The summed E-state index contributed by atoms with van der Waals surface area (Å²) in [7, 11) is 0. The monoisotopic (exact) mass is 239 g/mol. The second kappa shape index (κ2) is 8.11. The van der Waals surface area contributed by atoms with Crippen LogP contribution < -0.4 is 5.32 Å². The van der Waals surface area contributed by atoms with E-state index in [9.17, 15) is 5.11 Å². The van der Waals surface area contributed by atoms with E-state index in [4.69, 9.17) is 4.74 Å². The van der Waals surface area contributed by atoms with Gasteiger partial charge in [-0.15, -0.1) is 0 Å². The quantitative estimate of drug-likeness (QED) is 0.695. The van der Waals surface area contributed by atoms with E-state index in [0.29, 0.717) is 32.2 Å². The largest absolute Gasteiger partial charge is 0.389 e. The van der Waals surface area contributed by atoms with E-state index in [-0.39, 0.29) is 0 Å². The van der Waals surface area contributed by atoms with E-state index in [1.165, 1.54) is 6.33 Å². The van der Waals surface area contributed by atoms with Crippen molar-refractivity contribution in [1.82, 2.24) is 15.3 Å². The molecule has 1 rings (SSSR count). The molecule has 1 heterocycles. The molecule has 0 aliphatic carbocycles. The fourth-order valence-corrected chi connectivity index (χ4v) is 1.29. The van der Waals surface area contributed by atoms with E-state index in [1.54, 1.807) is 6.20 Å². The van der Waals surface area contributed by atoms with Gasteiger partial charge in [-0.1, -0.05) is 13.8 Å². The summed E-state index contributed by atoms with van der Waals surface area (Å²) < 4.78 is 5.34. The van der Waals surface area contributed by atoms with Crippen LogP contribution in [0.4, 0.5) is 0 Å². The van der Waals surface area contributed by atoms with Crippen LogP contribution in [0.15, 0.2) is 18.6 Å². The molecule has 0 saturated heterocycles. The molecule has 0 spiro atoms. The van der Waals surface area contributed by atoms with Crippen LogP contribution in [0.5, 0.6) is 0 Å². The lowest BCUT2D eigenvalue weighted by Gasteiger charge is -2.13. The first-order chi connectivity index (χ1) is 8.18. The molecule has 0 amide bonds. The zero-order valence-corrected chi connectivity index (χ0v) is 10.5. The molecule has 1 unspecified atom stereocenters. The highest BCUT2D eigenvalue weighted by molar-refractivity contribution is 4.96. The molecule has 0 aliphatic heterocycles. The van der Waals surface area contributed by atoms with Gasteiger partial charge in [-0.05, 0) is 12.0 Å². The molecule has 0 saturated carbocycles. The van der Waals surface area contributed by atoms with E-state index < -0.39 is 6.10 Å². The Hall–Kier alpha value is -1.04. The topological polar surface area (TPSA) is 67.3 Å². The van der Waals surface area contributed by atoms with E-state index >= 15 is 0 Å².